The van der Waals surface area contributed by atoms with Gasteiger partial charge in [-0.25, -0.2) is 0 Å². The summed E-state index contributed by atoms with van der Waals surface area (Å²) >= 11 is 0. The minimum atomic E-state index is -0.0641. The molecule has 0 saturated heterocycles. The molecule has 0 aliphatic carbocycles. The van der Waals surface area contributed by atoms with E-state index in [2.05, 4.69) is 10.2 Å². The van der Waals surface area contributed by atoms with Crippen molar-refractivity contribution >= 4 is 16.6 Å². The molecule has 0 aliphatic heterocycles. The minimum absolute atomic E-state index is 0.0641. The van der Waals surface area contributed by atoms with Crippen LogP contribution in [0.25, 0.3) is 22.0 Å². The van der Waals surface area contributed by atoms with Gasteiger partial charge in [0, 0.05) is 16.6 Å². The number of aliphatic hydroxyl groups is 1. The Morgan fingerprint density at radius 3 is 2.94 bits per heavy atom. The van der Waals surface area contributed by atoms with Crippen molar-refractivity contribution in [1.82, 2.24) is 10.2 Å². The number of aromatic amines is 1. The Morgan fingerprint density at radius 2 is 2.11 bits per heavy atom. The second-order valence-electron chi connectivity index (χ2n) is 4.20. The van der Waals surface area contributed by atoms with Gasteiger partial charge >= 0.3 is 0 Å². The first kappa shape index (κ1) is 10.8. The minimum Gasteiger partial charge on any atom is -0.398 e. The molecule has 0 spiro atoms. The average molecular weight is 239 g/mol. The van der Waals surface area contributed by atoms with Crippen LogP contribution in [0.5, 0.6) is 0 Å². The fourth-order valence-electron chi connectivity index (χ4n) is 2.16. The highest BCUT2D eigenvalue weighted by Gasteiger charge is 2.08. The Morgan fingerprint density at radius 1 is 1.22 bits per heavy atom. The van der Waals surface area contributed by atoms with E-state index in [1.165, 1.54) is 0 Å². The first-order chi connectivity index (χ1) is 8.79. The van der Waals surface area contributed by atoms with Gasteiger partial charge in [0.2, 0.25) is 0 Å². The van der Waals surface area contributed by atoms with Crippen LogP contribution in [0.15, 0.2) is 42.6 Å². The lowest BCUT2D eigenvalue weighted by atomic mass is 9.98. The molecule has 0 saturated carbocycles. The summed E-state index contributed by atoms with van der Waals surface area (Å²) in [5.74, 6) is 0. The van der Waals surface area contributed by atoms with Gasteiger partial charge in [-0.1, -0.05) is 18.2 Å². The van der Waals surface area contributed by atoms with Crippen LogP contribution in [0.3, 0.4) is 0 Å². The van der Waals surface area contributed by atoms with Crippen LogP contribution in [-0.2, 0) is 6.61 Å². The first-order valence-corrected chi connectivity index (χ1v) is 5.71. The van der Waals surface area contributed by atoms with E-state index in [0.29, 0.717) is 5.69 Å². The molecule has 3 aromatic rings. The predicted octanol–water partition coefficient (Wildman–Crippen LogP) is 2.30. The fraction of sp³-hybridized carbons (Fsp3) is 0.0714. The maximum atomic E-state index is 9.44. The molecule has 0 unspecified atom stereocenters. The van der Waals surface area contributed by atoms with Gasteiger partial charge in [0.05, 0.1) is 18.3 Å². The van der Waals surface area contributed by atoms with Crippen LogP contribution in [0.2, 0.25) is 0 Å². The lowest BCUT2D eigenvalue weighted by molar-refractivity contribution is 0.283. The Kier molecular flexibility index (Phi) is 2.50. The molecule has 18 heavy (non-hydrogen) atoms. The highest BCUT2D eigenvalue weighted by molar-refractivity contribution is 5.85. The summed E-state index contributed by atoms with van der Waals surface area (Å²) in [4.78, 5) is 0. The molecule has 0 atom stereocenters. The average Bonchev–Trinajstić information content (AvgIpc) is 2.85. The molecule has 0 radical (unpaired) electrons. The Balaban J connectivity index is 2.22. The lowest BCUT2D eigenvalue weighted by Gasteiger charge is -2.10. The molecule has 3 rings (SSSR count). The number of rotatable bonds is 2. The summed E-state index contributed by atoms with van der Waals surface area (Å²) in [5.41, 5.74) is 10.2. The summed E-state index contributed by atoms with van der Waals surface area (Å²) in [6.45, 7) is -0.0641. The number of nitrogens with two attached hydrogens (primary N) is 1. The zero-order valence-corrected chi connectivity index (χ0v) is 9.72. The van der Waals surface area contributed by atoms with Crippen LogP contribution in [-0.4, -0.2) is 15.3 Å². The zero-order chi connectivity index (χ0) is 12.5. The maximum absolute atomic E-state index is 9.44. The van der Waals surface area contributed by atoms with E-state index in [-0.39, 0.29) is 6.61 Å². The number of H-pyrrole nitrogens is 1. The van der Waals surface area contributed by atoms with Gasteiger partial charge < -0.3 is 10.8 Å². The number of aromatic nitrogens is 2. The number of hydrogen-bond acceptors (Lipinski definition) is 3. The van der Waals surface area contributed by atoms with Crippen LogP contribution >= 0.6 is 0 Å². The SMILES string of the molecule is Nc1cccc(-c2ccc3[nH]ncc3c2)c1CO. The molecule has 4 nitrogen and oxygen atoms in total. The molecule has 1 aromatic heterocycles. The second kappa shape index (κ2) is 4.16. The monoisotopic (exact) mass is 239 g/mol. The number of nitrogens with one attached hydrogen (secondary N) is 1. The van der Waals surface area contributed by atoms with Gasteiger partial charge in [0.25, 0.3) is 0 Å². The third-order valence-electron chi connectivity index (χ3n) is 3.12. The number of hydrogen-bond donors (Lipinski definition) is 3. The highest BCUT2D eigenvalue weighted by atomic mass is 16.3. The van der Waals surface area contributed by atoms with Crippen LogP contribution < -0.4 is 5.73 Å². The Labute approximate surface area is 104 Å². The molecular formula is C14H13N3O. The van der Waals surface area contributed by atoms with Crippen LogP contribution in [0.4, 0.5) is 5.69 Å². The van der Waals surface area contributed by atoms with Crippen molar-refractivity contribution in [2.45, 2.75) is 6.61 Å². The van der Waals surface area contributed by atoms with Crippen LogP contribution in [0, 0.1) is 0 Å². The fourth-order valence-corrected chi connectivity index (χ4v) is 2.16. The van der Waals surface area contributed by atoms with E-state index in [4.69, 9.17) is 5.73 Å². The second-order valence-corrected chi connectivity index (χ2v) is 4.20. The normalized spacial score (nSPS) is 10.9. The van der Waals surface area contributed by atoms with Crippen molar-refractivity contribution in [3.8, 4) is 11.1 Å². The Bertz CT molecular complexity index is 703. The topological polar surface area (TPSA) is 74.9 Å². The standard InChI is InChI=1S/C14H13N3O/c15-13-3-1-2-11(12(13)8-18)9-4-5-14-10(6-9)7-16-17-14/h1-7,18H,8,15H2,(H,16,17). The summed E-state index contributed by atoms with van der Waals surface area (Å²) in [5, 5.41) is 17.4. The lowest BCUT2D eigenvalue weighted by Crippen LogP contribution is -1.96. The quantitative estimate of drug-likeness (QED) is 0.601. The molecule has 2 aromatic carbocycles. The number of fused-ring (bicyclic) bond motifs is 1. The number of nitrogens with zero attached hydrogens (tertiary/aromatic N) is 1. The van der Waals surface area contributed by atoms with Crippen molar-refractivity contribution < 1.29 is 5.11 Å². The smallest absolute Gasteiger partial charge is 0.0708 e. The third kappa shape index (κ3) is 1.63. The van der Waals surface area contributed by atoms with Crippen molar-refractivity contribution in [2.24, 2.45) is 0 Å². The molecular weight excluding hydrogens is 226 g/mol. The molecule has 0 amide bonds. The van der Waals surface area contributed by atoms with Gasteiger partial charge in [-0.15, -0.1) is 0 Å². The molecule has 4 N–H and O–H groups in total. The van der Waals surface area contributed by atoms with Gasteiger partial charge in [-0.2, -0.15) is 5.10 Å². The summed E-state index contributed by atoms with van der Waals surface area (Å²) in [6, 6.07) is 11.7. The zero-order valence-electron chi connectivity index (χ0n) is 9.72. The predicted molar refractivity (Wildman–Crippen MR) is 71.9 cm³/mol. The molecule has 0 bridgehead atoms. The summed E-state index contributed by atoms with van der Waals surface area (Å²) in [7, 11) is 0. The number of nitrogen functional groups attached to an aromatic ring is 1. The van der Waals surface area contributed by atoms with E-state index in [1.807, 2.05) is 30.3 Å². The third-order valence-corrected chi connectivity index (χ3v) is 3.12. The van der Waals surface area contributed by atoms with E-state index in [0.717, 1.165) is 27.6 Å². The van der Waals surface area contributed by atoms with Crippen molar-refractivity contribution in [3.63, 3.8) is 0 Å². The van der Waals surface area contributed by atoms with Gasteiger partial charge in [0.15, 0.2) is 0 Å². The molecule has 0 aliphatic rings. The largest absolute Gasteiger partial charge is 0.398 e. The van der Waals surface area contributed by atoms with Crippen LogP contribution in [0.1, 0.15) is 5.56 Å². The van der Waals surface area contributed by atoms with Gasteiger partial charge in [-0.05, 0) is 29.3 Å². The van der Waals surface area contributed by atoms with Gasteiger partial charge in [-0.3, -0.25) is 5.10 Å². The van der Waals surface area contributed by atoms with E-state index < -0.39 is 0 Å². The summed E-state index contributed by atoms with van der Waals surface area (Å²) in [6.07, 6.45) is 1.78. The van der Waals surface area contributed by atoms with Crippen molar-refractivity contribution in [1.29, 1.82) is 0 Å². The van der Waals surface area contributed by atoms with E-state index in [1.54, 1.807) is 12.3 Å². The Hall–Kier alpha value is -2.33. The maximum Gasteiger partial charge on any atom is 0.0708 e. The number of aliphatic hydroxyl groups excluding tert-OH is 1. The van der Waals surface area contributed by atoms with Crippen molar-refractivity contribution in [2.75, 3.05) is 5.73 Å². The molecule has 4 heteroatoms. The van der Waals surface area contributed by atoms with E-state index in [9.17, 15) is 5.11 Å². The first-order valence-electron chi connectivity index (χ1n) is 5.71. The van der Waals surface area contributed by atoms with Gasteiger partial charge in [0.1, 0.15) is 0 Å². The summed E-state index contributed by atoms with van der Waals surface area (Å²) < 4.78 is 0. The number of anilines is 1. The van der Waals surface area contributed by atoms with Crippen molar-refractivity contribution in [3.05, 3.63) is 48.2 Å². The molecule has 90 valence electrons. The molecule has 0 fully saturated rings. The highest BCUT2D eigenvalue weighted by Crippen LogP contribution is 2.29. The number of benzene rings is 2. The molecule has 1 heterocycles. The van der Waals surface area contributed by atoms with E-state index >= 15 is 0 Å².